The lowest BCUT2D eigenvalue weighted by molar-refractivity contribution is -0.132. The van der Waals surface area contributed by atoms with E-state index < -0.39 is 11.4 Å². The Morgan fingerprint density at radius 1 is 1.07 bits per heavy atom. The monoisotopic (exact) mass is 392 g/mol. The number of para-hydroxylation sites is 2. The third-order valence-corrected chi connectivity index (χ3v) is 5.62. The van der Waals surface area contributed by atoms with Crippen LogP contribution in [0.2, 0.25) is 0 Å². The molecule has 2 aliphatic rings. The Morgan fingerprint density at radius 2 is 1.79 bits per heavy atom. The van der Waals surface area contributed by atoms with Gasteiger partial charge in [0.25, 0.3) is 0 Å². The second kappa shape index (κ2) is 7.70. The van der Waals surface area contributed by atoms with Crippen molar-refractivity contribution in [2.45, 2.75) is 32.6 Å². The molecule has 2 aromatic carbocycles. The molecule has 1 aliphatic carbocycles. The molecule has 6 heteroatoms. The van der Waals surface area contributed by atoms with E-state index in [4.69, 9.17) is 4.74 Å². The Balaban J connectivity index is 1.56. The van der Waals surface area contributed by atoms with E-state index in [-0.39, 0.29) is 24.0 Å². The number of benzene rings is 2. The average molecular weight is 392 g/mol. The van der Waals surface area contributed by atoms with Gasteiger partial charge in [-0.15, -0.1) is 0 Å². The van der Waals surface area contributed by atoms with Crippen LogP contribution in [0.3, 0.4) is 0 Å². The van der Waals surface area contributed by atoms with Gasteiger partial charge in [-0.1, -0.05) is 30.3 Å². The Bertz CT molecular complexity index is 965. The molecular formula is C23H24N2O4. The van der Waals surface area contributed by atoms with E-state index in [2.05, 4.69) is 5.32 Å². The summed E-state index contributed by atoms with van der Waals surface area (Å²) in [5, 5.41) is 2.81. The van der Waals surface area contributed by atoms with E-state index in [1.165, 1.54) is 0 Å². The standard InChI is InChI=1S/C23H24N2O4/c1-2-29-20(26)17-10-4-5-11-18(17)24-21(27)23(13-14-23)22(28)25-15-7-9-16-8-3-6-12-19(16)25/h3-6,8,10-12H,2,7,9,13-15H2,1H3,(H,24,27). The summed E-state index contributed by atoms with van der Waals surface area (Å²) in [4.78, 5) is 40.4. The fourth-order valence-corrected chi connectivity index (χ4v) is 3.89. The molecule has 0 radical (unpaired) electrons. The summed E-state index contributed by atoms with van der Waals surface area (Å²) in [5.74, 6) is -1.01. The second-order valence-electron chi connectivity index (χ2n) is 7.49. The topological polar surface area (TPSA) is 75.7 Å². The van der Waals surface area contributed by atoms with E-state index in [1.807, 2.05) is 24.3 Å². The molecule has 2 amide bonds. The maximum atomic E-state index is 13.4. The number of aryl methyl sites for hydroxylation is 1. The maximum Gasteiger partial charge on any atom is 0.340 e. The second-order valence-corrected chi connectivity index (χ2v) is 7.49. The number of hydrogen-bond acceptors (Lipinski definition) is 4. The number of hydrogen-bond donors (Lipinski definition) is 1. The van der Waals surface area contributed by atoms with Crippen molar-refractivity contribution in [1.29, 1.82) is 0 Å². The summed E-state index contributed by atoms with van der Waals surface area (Å²) in [6, 6.07) is 14.6. The third kappa shape index (κ3) is 3.50. The highest BCUT2D eigenvalue weighted by molar-refractivity contribution is 6.18. The summed E-state index contributed by atoms with van der Waals surface area (Å²) in [5.41, 5.74) is 1.63. The van der Waals surface area contributed by atoms with Gasteiger partial charge in [0.15, 0.2) is 0 Å². The van der Waals surface area contributed by atoms with E-state index >= 15 is 0 Å². The van der Waals surface area contributed by atoms with E-state index in [0.29, 0.717) is 25.1 Å². The van der Waals surface area contributed by atoms with Crippen LogP contribution in [0.25, 0.3) is 0 Å². The minimum absolute atomic E-state index is 0.157. The van der Waals surface area contributed by atoms with Crippen molar-refractivity contribution in [2.24, 2.45) is 5.41 Å². The zero-order valence-corrected chi connectivity index (χ0v) is 16.4. The first-order valence-electron chi connectivity index (χ1n) is 10.0. The first-order valence-corrected chi connectivity index (χ1v) is 10.0. The summed E-state index contributed by atoms with van der Waals surface area (Å²) in [7, 11) is 0. The van der Waals surface area contributed by atoms with Crippen molar-refractivity contribution >= 4 is 29.2 Å². The molecule has 0 bridgehead atoms. The van der Waals surface area contributed by atoms with Crippen molar-refractivity contribution in [2.75, 3.05) is 23.4 Å². The molecular weight excluding hydrogens is 368 g/mol. The van der Waals surface area contributed by atoms with Crippen LogP contribution in [-0.2, 0) is 20.7 Å². The zero-order chi connectivity index (χ0) is 20.4. The lowest BCUT2D eigenvalue weighted by Gasteiger charge is -2.32. The highest BCUT2D eigenvalue weighted by Gasteiger charge is 2.58. The van der Waals surface area contributed by atoms with Crippen molar-refractivity contribution in [3.05, 3.63) is 59.7 Å². The van der Waals surface area contributed by atoms with Gasteiger partial charge in [0.2, 0.25) is 11.8 Å². The van der Waals surface area contributed by atoms with Crippen LogP contribution < -0.4 is 10.2 Å². The molecule has 4 rings (SSSR count). The number of rotatable bonds is 5. The first-order chi connectivity index (χ1) is 14.1. The van der Waals surface area contributed by atoms with E-state index in [1.54, 1.807) is 36.1 Å². The number of nitrogens with zero attached hydrogens (tertiary/aromatic N) is 1. The molecule has 29 heavy (non-hydrogen) atoms. The normalized spacial score (nSPS) is 16.5. The predicted octanol–water partition coefficient (Wildman–Crippen LogP) is 3.56. The number of nitrogens with one attached hydrogen (secondary N) is 1. The van der Waals surface area contributed by atoms with Crippen LogP contribution in [0.15, 0.2) is 48.5 Å². The zero-order valence-electron chi connectivity index (χ0n) is 16.4. The number of ether oxygens (including phenoxy) is 1. The van der Waals surface area contributed by atoms with Crippen molar-refractivity contribution in [1.82, 2.24) is 0 Å². The quantitative estimate of drug-likeness (QED) is 0.624. The maximum absolute atomic E-state index is 13.4. The highest BCUT2D eigenvalue weighted by atomic mass is 16.5. The lowest BCUT2D eigenvalue weighted by atomic mass is 9.97. The molecule has 0 saturated heterocycles. The molecule has 1 aliphatic heterocycles. The fraction of sp³-hybridized carbons (Fsp3) is 0.348. The van der Waals surface area contributed by atoms with Gasteiger partial charge >= 0.3 is 5.97 Å². The first kappa shape index (κ1) is 19.2. The summed E-state index contributed by atoms with van der Waals surface area (Å²) in [6.07, 6.45) is 2.84. The lowest BCUT2D eigenvalue weighted by Crippen LogP contribution is -2.45. The van der Waals surface area contributed by atoms with Crippen molar-refractivity contribution in [3.8, 4) is 0 Å². The largest absolute Gasteiger partial charge is 0.462 e. The number of esters is 1. The molecule has 0 unspecified atom stereocenters. The van der Waals surface area contributed by atoms with Gasteiger partial charge in [0, 0.05) is 12.2 Å². The Kier molecular flexibility index (Phi) is 5.09. The molecule has 1 heterocycles. The molecule has 0 spiro atoms. The summed E-state index contributed by atoms with van der Waals surface area (Å²) in [6.45, 7) is 2.59. The Hall–Kier alpha value is -3.15. The van der Waals surface area contributed by atoms with Gasteiger partial charge < -0.3 is 15.0 Å². The molecule has 0 atom stereocenters. The highest BCUT2D eigenvalue weighted by Crippen LogP contribution is 2.49. The van der Waals surface area contributed by atoms with Gasteiger partial charge in [0.1, 0.15) is 5.41 Å². The molecule has 1 N–H and O–H groups in total. The summed E-state index contributed by atoms with van der Waals surface area (Å²) < 4.78 is 5.07. The van der Waals surface area contributed by atoms with Gasteiger partial charge in [0.05, 0.1) is 17.9 Å². The fourth-order valence-electron chi connectivity index (χ4n) is 3.89. The third-order valence-electron chi connectivity index (χ3n) is 5.62. The Morgan fingerprint density at radius 3 is 2.55 bits per heavy atom. The SMILES string of the molecule is CCOC(=O)c1ccccc1NC(=O)C1(C(=O)N2CCCc3ccccc32)CC1. The van der Waals surface area contributed by atoms with Crippen LogP contribution in [-0.4, -0.2) is 30.9 Å². The van der Waals surface area contributed by atoms with Crippen LogP contribution in [0.1, 0.15) is 42.1 Å². The molecule has 6 nitrogen and oxygen atoms in total. The average Bonchev–Trinajstić information content (AvgIpc) is 3.55. The predicted molar refractivity (Wildman–Crippen MR) is 110 cm³/mol. The molecule has 0 aromatic heterocycles. The van der Waals surface area contributed by atoms with Crippen LogP contribution >= 0.6 is 0 Å². The van der Waals surface area contributed by atoms with E-state index in [0.717, 1.165) is 24.1 Å². The van der Waals surface area contributed by atoms with Gasteiger partial charge in [-0.25, -0.2) is 4.79 Å². The minimum atomic E-state index is -1.06. The number of carbonyl (C=O) groups is 3. The number of carbonyl (C=O) groups excluding carboxylic acids is 3. The van der Waals surface area contributed by atoms with Crippen LogP contribution in [0, 0.1) is 5.41 Å². The summed E-state index contributed by atoms with van der Waals surface area (Å²) >= 11 is 0. The van der Waals surface area contributed by atoms with Crippen molar-refractivity contribution in [3.63, 3.8) is 0 Å². The molecule has 2 aromatic rings. The van der Waals surface area contributed by atoms with Crippen LogP contribution in [0.4, 0.5) is 11.4 Å². The molecule has 150 valence electrons. The van der Waals surface area contributed by atoms with E-state index in [9.17, 15) is 14.4 Å². The van der Waals surface area contributed by atoms with Crippen LogP contribution in [0.5, 0.6) is 0 Å². The van der Waals surface area contributed by atoms with Gasteiger partial charge in [-0.05, 0) is 56.4 Å². The number of anilines is 2. The molecule has 1 saturated carbocycles. The number of amides is 2. The van der Waals surface area contributed by atoms with Gasteiger partial charge in [-0.3, -0.25) is 9.59 Å². The van der Waals surface area contributed by atoms with Gasteiger partial charge in [-0.2, -0.15) is 0 Å². The molecule has 1 fully saturated rings. The number of fused-ring (bicyclic) bond motifs is 1. The smallest absolute Gasteiger partial charge is 0.340 e. The van der Waals surface area contributed by atoms with Crippen molar-refractivity contribution < 1.29 is 19.1 Å². The minimum Gasteiger partial charge on any atom is -0.462 e. The Labute approximate surface area is 169 Å².